The molecular weight excluding hydrogens is 384 g/mol. The van der Waals surface area contributed by atoms with Gasteiger partial charge in [0.2, 0.25) is 0 Å². The molecule has 0 fully saturated rings. The topological polar surface area (TPSA) is 66.8 Å². The molecule has 0 aromatic heterocycles. The fraction of sp³-hybridized carbons (Fsp3) is 0.350. The van der Waals surface area contributed by atoms with Crippen molar-refractivity contribution in [3.63, 3.8) is 0 Å². The predicted octanol–water partition coefficient (Wildman–Crippen LogP) is 3.21. The van der Waals surface area contributed by atoms with Gasteiger partial charge in [0.05, 0.1) is 12.5 Å². The molecule has 2 aromatic carbocycles. The third kappa shape index (κ3) is 2.16. The van der Waals surface area contributed by atoms with Gasteiger partial charge in [-0.2, -0.15) is 0 Å². The van der Waals surface area contributed by atoms with E-state index in [1.807, 2.05) is 37.3 Å². The van der Waals surface area contributed by atoms with Crippen molar-refractivity contribution >= 4 is 21.9 Å². The van der Waals surface area contributed by atoms with Crippen LogP contribution in [0.15, 0.2) is 46.9 Å². The van der Waals surface area contributed by atoms with Gasteiger partial charge in [0.15, 0.2) is 0 Å². The number of hydrogen-bond acceptors (Lipinski definition) is 4. The number of aliphatic hydroxyl groups is 2. The molecule has 0 radical (unpaired) electrons. The van der Waals surface area contributed by atoms with Crippen LogP contribution in [0.2, 0.25) is 0 Å². The Hall–Kier alpha value is -1.69. The molecule has 0 spiro atoms. The van der Waals surface area contributed by atoms with Crippen LogP contribution in [0.5, 0.6) is 0 Å². The predicted molar refractivity (Wildman–Crippen MR) is 95.9 cm³/mol. The highest BCUT2D eigenvalue weighted by Gasteiger charge is 2.62. The number of benzene rings is 2. The van der Waals surface area contributed by atoms with Crippen LogP contribution in [0.4, 0.5) is 0 Å². The summed E-state index contributed by atoms with van der Waals surface area (Å²) in [6.45, 7) is 2.23. The van der Waals surface area contributed by atoms with Crippen molar-refractivity contribution < 1.29 is 19.7 Å². The molecule has 0 heterocycles. The molecule has 25 heavy (non-hydrogen) atoms. The first-order valence-electron chi connectivity index (χ1n) is 8.44. The highest BCUT2D eigenvalue weighted by atomic mass is 79.9. The average molecular weight is 403 g/mol. The monoisotopic (exact) mass is 402 g/mol. The van der Waals surface area contributed by atoms with Crippen LogP contribution in [-0.4, -0.2) is 22.8 Å². The van der Waals surface area contributed by atoms with Gasteiger partial charge in [-0.15, -0.1) is 0 Å². The van der Waals surface area contributed by atoms with Crippen molar-refractivity contribution in [1.29, 1.82) is 0 Å². The lowest BCUT2D eigenvalue weighted by Gasteiger charge is -2.53. The zero-order valence-electron chi connectivity index (χ0n) is 13.8. The summed E-state index contributed by atoms with van der Waals surface area (Å²) >= 11 is 3.44. The van der Waals surface area contributed by atoms with Crippen molar-refractivity contribution in [2.24, 2.45) is 5.92 Å². The Kier molecular flexibility index (Phi) is 3.79. The van der Waals surface area contributed by atoms with E-state index < -0.39 is 23.1 Å². The minimum absolute atomic E-state index is 0.104. The quantitative estimate of drug-likeness (QED) is 0.773. The third-order valence-electron chi connectivity index (χ3n) is 5.36. The van der Waals surface area contributed by atoms with Crippen molar-refractivity contribution in [2.45, 2.75) is 31.0 Å². The summed E-state index contributed by atoms with van der Waals surface area (Å²) in [6.07, 6.45) is 0.813. The van der Waals surface area contributed by atoms with Gasteiger partial charge >= 0.3 is 5.97 Å². The SMILES string of the molecule is CCCOC(=O)C1CC2(O)c3ccccc3C1(O)c1ccc(Br)cc12. The van der Waals surface area contributed by atoms with E-state index in [1.165, 1.54) is 0 Å². The maximum absolute atomic E-state index is 12.7. The number of carbonyl (C=O) groups is 1. The largest absolute Gasteiger partial charge is 0.465 e. The summed E-state index contributed by atoms with van der Waals surface area (Å²) in [5.41, 5.74) is -0.373. The molecule has 0 aliphatic heterocycles. The van der Waals surface area contributed by atoms with Crippen LogP contribution >= 0.6 is 15.9 Å². The van der Waals surface area contributed by atoms with Gasteiger partial charge in [-0.25, -0.2) is 0 Å². The summed E-state index contributed by atoms with van der Waals surface area (Å²) in [4.78, 5) is 12.7. The molecule has 2 N–H and O–H groups in total. The van der Waals surface area contributed by atoms with Gasteiger partial charge < -0.3 is 14.9 Å². The standard InChI is InChI=1S/C20H19BrO4/c1-2-9-25-18(22)17-11-19(23)13-5-3-4-6-14(13)20(17,24)15-8-7-12(21)10-16(15)19/h3-8,10,17,23-24H,2,9,11H2,1H3. The molecular formula is C20H19BrO4. The Morgan fingerprint density at radius 3 is 2.56 bits per heavy atom. The minimum Gasteiger partial charge on any atom is -0.465 e. The smallest absolute Gasteiger partial charge is 0.312 e. The van der Waals surface area contributed by atoms with Crippen LogP contribution in [-0.2, 0) is 20.7 Å². The van der Waals surface area contributed by atoms with E-state index in [9.17, 15) is 15.0 Å². The molecule has 3 unspecified atom stereocenters. The molecule has 5 heteroatoms. The lowest BCUT2D eigenvalue weighted by Crippen LogP contribution is -2.57. The maximum Gasteiger partial charge on any atom is 0.312 e. The molecule has 3 aliphatic carbocycles. The average Bonchev–Trinajstić information content (AvgIpc) is 2.62. The summed E-state index contributed by atoms with van der Waals surface area (Å²) in [7, 11) is 0. The second-order valence-corrected chi connectivity index (χ2v) is 7.70. The van der Waals surface area contributed by atoms with E-state index in [4.69, 9.17) is 4.74 Å². The number of fused-ring (bicyclic) bond motifs is 1. The van der Waals surface area contributed by atoms with Gasteiger partial charge in [-0.1, -0.05) is 53.2 Å². The molecule has 0 amide bonds. The minimum atomic E-state index is -1.50. The number of carbonyl (C=O) groups excluding carboxylic acids is 1. The van der Waals surface area contributed by atoms with Crippen LogP contribution in [0.25, 0.3) is 0 Å². The Morgan fingerprint density at radius 1 is 1.16 bits per heavy atom. The second-order valence-electron chi connectivity index (χ2n) is 6.79. The van der Waals surface area contributed by atoms with Gasteiger partial charge in [0.25, 0.3) is 0 Å². The molecule has 4 nitrogen and oxygen atoms in total. The van der Waals surface area contributed by atoms with Gasteiger partial charge in [0, 0.05) is 10.9 Å². The van der Waals surface area contributed by atoms with E-state index in [1.54, 1.807) is 12.1 Å². The van der Waals surface area contributed by atoms with Crippen molar-refractivity contribution in [1.82, 2.24) is 0 Å². The van der Waals surface area contributed by atoms with Gasteiger partial charge in [-0.05, 0) is 40.8 Å². The number of halogens is 1. The van der Waals surface area contributed by atoms with Crippen molar-refractivity contribution in [2.75, 3.05) is 6.61 Å². The fourth-order valence-corrected chi connectivity index (χ4v) is 4.61. The summed E-state index contributed by atoms with van der Waals surface area (Å²) in [5, 5.41) is 23.3. The summed E-state index contributed by atoms with van der Waals surface area (Å²) in [5.74, 6) is -1.31. The van der Waals surface area contributed by atoms with Gasteiger partial charge in [-0.3, -0.25) is 4.79 Å². The Bertz CT molecular complexity index is 865. The Labute approximate surface area is 154 Å². The number of esters is 1. The molecule has 0 saturated heterocycles. The van der Waals surface area contributed by atoms with E-state index in [0.29, 0.717) is 35.3 Å². The van der Waals surface area contributed by atoms with Crippen LogP contribution in [0.3, 0.4) is 0 Å². The molecule has 3 atom stereocenters. The summed E-state index contributed by atoms with van der Waals surface area (Å²) < 4.78 is 6.15. The Balaban J connectivity index is 1.96. The zero-order chi connectivity index (χ0) is 17.8. The normalized spacial score (nSPS) is 29.0. The lowest BCUT2D eigenvalue weighted by atomic mass is 9.54. The molecule has 2 aromatic rings. The van der Waals surface area contributed by atoms with Gasteiger partial charge in [0.1, 0.15) is 11.2 Å². The summed E-state index contributed by atoms with van der Waals surface area (Å²) in [6, 6.07) is 12.7. The van der Waals surface area contributed by atoms with Crippen molar-refractivity contribution in [3.05, 3.63) is 69.2 Å². The molecule has 0 saturated carbocycles. The third-order valence-corrected chi connectivity index (χ3v) is 5.85. The molecule has 3 aliphatic rings. The first-order chi connectivity index (χ1) is 11.9. The highest BCUT2D eigenvalue weighted by Crippen LogP contribution is 2.60. The first kappa shape index (κ1) is 16.8. The zero-order valence-corrected chi connectivity index (χ0v) is 15.4. The van der Waals surface area contributed by atoms with E-state index in [2.05, 4.69) is 15.9 Å². The maximum atomic E-state index is 12.7. The van der Waals surface area contributed by atoms with E-state index >= 15 is 0 Å². The van der Waals surface area contributed by atoms with E-state index in [-0.39, 0.29) is 6.42 Å². The van der Waals surface area contributed by atoms with Crippen LogP contribution in [0, 0.1) is 5.92 Å². The molecule has 130 valence electrons. The van der Waals surface area contributed by atoms with Crippen LogP contribution < -0.4 is 0 Å². The van der Waals surface area contributed by atoms with E-state index in [0.717, 1.165) is 4.47 Å². The second kappa shape index (κ2) is 5.66. The van der Waals surface area contributed by atoms with Crippen LogP contribution in [0.1, 0.15) is 42.0 Å². The van der Waals surface area contributed by atoms with Crippen molar-refractivity contribution in [3.8, 4) is 0 Å². The molecule has 2 bridgehead atoms. The Morgan fingerprint density at radius 2 is 1.84 bits per heavy atom. The molecule has 5 rings (SSSR count). The number of ether oxygens (including phenoxy) is 1. The number of hydrogen-bond donors (Lipinski definition) is 2. The number of rotatable bonds is 3. The highest BCUT2D eigenvalue weighted by molar-refractivity contribution is 9.10. The lowest BCUT2D eigenvalue weighted by molar-refractivity contribution is -0.166. The first-order valence-corrected chi connectivity index (χ1v) is 9.24. The fourth-order valence-electron chi connectivity index (χ4n) is 4.25.